The normalized spacial score (nSPS) is 11.6. The van der Waals surface area contributed by atoms with Gasteiger partial charge in [0.05, 0.1) is 5.69 Å². The molecule has 0 aliphatic carbocycles. The summed E-state index contributed by atoms with van der Waals surface area (Å²) in [4.78, 5) is 31.3. The van der Waals surface area contributed by atoms with Crippen LogP contribution in [0.1, 0.15) is 28.8 Å². The van der Waals surface area contributed by atoms with E-state index in [0.29, 0.717) is 29.9 Å². The van der Waals surface area contributed by atoms with Crippen LogP contribution in [0.5, 0.6) is 0 Å². The molecule has 0 unspecified atom stereocenters. The van der Waals surface area contributed by atoms with Crippen molar-refractivity contribution in [2.24, 2.45) is 7.05 Å². The highest BCUT2D eigenvalue weighted by atomic mass is 16.2. The molecule has 0 atom stereocenters. The predicted molar refractivity (Wildman–Crippen MR) is 131 cm³/mol. The molecule has 0 saturated heterocycles. The van der Waals surface area contributed by atoms with Crippen LogP contribution in [-0.2, 0) is 20.0 Å². The van der Waals surface area contributed by atoms with Crippen LogP contribution in [0.3, 0.4) is 0 Å². The molecule has 3 aromatic heterocycles. The minimum atomic E-state index is -0.337. The van der Waals surface area contributed by atoms with Crippen LogP contribution < -0.4 is 11.2 Å². The first-order valence-electron chi connectivity index (χ1n) is 11.2. The first-order chi connectivity index (χ1) is 15.9. The smallest absolute Gasteiger partial charge is 0.283 e. The summed E-state index contributed by atoms with van der Waals surface area (Å²) in [5.41, 5.74) is 5.71. The quantitative estimate of drug-likeness (QED) is 0.418. The molecule has 0 aliphatic heterocycles. The maximum Gasteiger partial charge on any atom is 0.332 e. The van der Waals surface area contributed by atoms with Crippen molar-refractivity contribution in [2.45, 2.75) is 40.2 Å². The molecule has 0 amide bonds. The van der Waals surface area contributed by atoms with Gasteiger partial charge in [0.15, 0.2) is 11.2 Å². The Morgan fingerprint density at radius 1 is 0.939 bits per heavy atom. The number of hydrogen-bond acceptors (Lipinski definition) is 3. The average molecular weight is 442 g/mol. The monoisotopic (exact) mass is 441 g/mol. The standard InChI is InChI=1S/C26H27N5O2/c1-17-10-8-14-21(19(17)3)31-18(2)16-30-22-23(27-25(30)31)28(4)26(33)29(24(22)32)15-9-13-20-11-6-5-7-12-20/h5-8,10-12,14,16H,9,13,15H2,1-4H3. The summed E-state index contributed by atoms with van der Waals surface area (Å²) < 4.78 is 6.69. The van der Waals surface area contributed by atoms with E-state index < -0.39 is 0 Å². The molecule has 5 rings (SSSR count). The van der Waals surface area contributed by atoms with Gasteiger partial charge in [-0.3, -0.25) is 22.9 Å². The van der Waals surface area contributed by atoms with Crippen molar-refractivity contribution in [3.63, 3.8) is 0 Å². The van der Waals surface area contributed by atoms with E-state index in [0.717, 1.165) is 23.4 Å². The van der Waals surface area contributed by atoms with E-state index in [4.69, 9.17) is 4.98 Å². The van der Waals surface area contributed by atoms with Gasteiger partial charge in [-0.2, -0.15) is 4.98 Å². The van der Waals surface area contributed by atoms with Gasteiger partial charge in [-0.25, -0.2) is 4.79 Å². The van der Waals surface area contributed by atoms with Crippen molar-refractivity contribution >= 4 is 16.9 Å². The van der Waals surface area contributed by atoms with Crippen LogP contribution >= 0.6 is 0 Å². The third kappa shape index (κ3) is 3.31. The minimum absolute atomic E-state index is 0.299. The van der Waals surface area contributed by atoms with Crippen LogP contribution in [0.25, 0.3) is 22.6 Å². The lowest BCUT2D eigenvalue weighted by molar-refractivity contribution is 0.572. The van der Waals surface area contributed by atoms with Crippen LogP contribution in [0, 0.1) is 20.8 Å². The molecule has 0 aliphatic rings. The maximum atomic E-state index is 13.5. The Labute approximate surface area is 191 Å². The van der Waals surface area contributed by atoms with E-state index in [1.807, 2.05) is 46.4 Å². The van der Waals surface area contributed by atoms with E-state index in [2.05, 4.69) is 38.1 Å². The van der Waals surface area contributed by atoms with E-state index in [9.17, 15) is 9.59 Å². The molecule has 0 saturated carbocycles. The molecule has 0 bridgehead atoms. The van der Waals surface area contributed by atoms with Gasteiger partial charge in [-0.15, -0.1) is 0 Å². The molecule has 7 nitrogen and oxygen atoms in total. The average Bonchev–Trinajstić information content (AvgIpc) is 3.32. The van der Waals surface area contributed by atoms with Crippen LogP contribution in [0.2, 0.25) is 0 Å². The Bertz CT molecular complexity index is 1620. The SMILES string of the molecule is Cc1cccc(-n2c(C)cn3c4c(=O)n(CCCc5ccccc5)c(=O)n(C)c4nc23)c1C. The van der Waals surface area contributed by atoms with Gasteiger partial charge >= 0.3 is 5.69 Å². The van der Waals surface area contributed by atoms with Gasteiger partial charge in [0.25, 0.3) is 5.56 Å². The zero-order valence-electron chi connectivity index (χ0n) is 19.4. The zero-order chi connectivity index (χ0) is 23.3. The first kappa shape index (κ1) is 21.0. The second-order valence-corrected chi connectivity index (χ2v) is 8.67. The topological polar surface area (TPSA) is 66.2 Å². The first-order valence-corrected chi connectivity index (χ1v) is 11.2. The fourth-order valence-electron chi connectivity index (χ4n) is 4.57. The zero-order valence-corrected chi connectivity index (χ0v) is 19.4. The molecule has 0 radical (unpaired) electrons. The van der Waals surface area contributed by atoms with Crippen LogP contribution in [0.15, 0.2) is 64.3 Å². The minimum Gasteiger partial charge on any atom is -0.283 e. The van der Waals surface area contributed by atoms with E-state index in [1.165, 1.54) is 20.3 Å². The van der Waals surface area contributed by atoms with Gasteiger partial charge in [0.2, 0.25) is 5.78 Å². The fraction of sp³-hybridized carbons (Fsp3) is 0.269. The number of benzene rings is 2. The van der Waals surface area contributed by atoms with Crippen molar-refractivity contribution in [1.82, 2.24) is 23.1 Å². The van der Waals surface area contributed by atoms with E-state index in [-0.39, 0.29) is 11.2 Å². The van der Waals surface area contributed by atoms with Crippen LogP contribution in [0.4, 0.5) is 0 Å². The van der Waals surface area contributed by atoms with Gasteiger partial charge in [0.1, 0.15) is 0 Å². The number of imidazole rings is 2. The van der Waals surface area contributed by atoms with Gasteiger partial charge in [0, 0.05) is 25.5 Å². The van der Waals surface area contributed by atoms with Gasteiger partial charge in [-0.05, 0) is 56.4 Å². The highest BCUT2D eigenvalue weighted by molar-refractivity contribution is 5.76. The number of nitrogens with zero attached hydrogens (tertiary/aromatic N) is 5. The third-order valence-corrected chi connectivity index (χ3v) is 6.53. The van der Waals surface area contributed by atoms with Gasteiger partial charge in [-0.1, -0.05) is 42.5 Å². The highest BCUT2D eigenvalue weighted by Gasteiger charge is 2.21. The molecular weight excluding hydrogens is 414 g/mol. The molecule has 3 heterocycles. The second-order valence-electron chi connectivity index (χ2n) is 8.67. The summed E-state index contributed by atoms with van der Waals surface area (Å²) in [6.07, 6.45) is 3.43. The Kier molecular flexibility index (Phi) is 5.04. The van der Waals surface area contributed by atoms with Crippen molar-refractivity contribution in [2.75, 3.05) is 0 Å². The van der Waals surface area contributed by atoms with Crippen molar-refractivity contribution < 1.29 is 0 Å². The third-order valence-electron chi connectivity index (χ3n) is 6.53. The van der Waals surface area contributed by atoms with Crippen molar-refractivity contribution in [3.05, 3.63) is 98.0 Å². The Morgan fingerprint density at radius 3 is 2.45 bits per heavy atom. The van der Waals surface area contributed by atoms with Crippen molar-refractivity contribution in [3.8, 4) is 5.69 Å². The molecule has 33 heavy (non-hydrogen) atoms. The van der Waals surface area contributed by atoms with E-state index in [1.54, 1.807) is 7.05 Å². The fourth-order valence-corrected chi connectivity index (χ4v) is 4.57. The summed E-state index contributed by atoms with van der Waals surface area (Å²) >= 11 is 0. The molecular formula is C26H27N5O2. The Morgan fingerprint density at radius 2 is 1.70 bits per heavy atom. The molecule has 0 N–H and O–H groups in total. The summed E-state index contributed by atoms with van der Waals surface area (Å²) in [7, 11) is 1.68. The molecule has 0 spiro atoms. The number of rotatable bonds is 5. The maximum absolute atomic E-state index is 13.5. The molecule has 5 aromatic rings. The largest absolute Gasteiger partial charge is 0.332 e. The lowest BCUT2D eigenvalue weighted by Crippen LogP contribution is -2.39. The van der Waals surface area contributed by atoms with Gasteiger partial charge < -0.3 is 0 Å². The number of aryl methyl sites for hydroxylation is 4. The Balaban J connectivity index is 1.65. The summed E-state index contributed by atoms with van der Waals surface area (Å²) in [5.74, 6) is 0.630. The molecule has 168 valence electrons. The highest BCUT2D eigenvalue weighted by Crippen LogP contribution is 2.24. The van der Waals surface area contributed by atoms with Crippen LogP contribution in [-0.4, -0.2) is 23.1 Å². The summed E-state index contributed by atoms with van der Waals surface area (Å²) in [5, 5.41) is 0. The predicted octanol–water partition coefficient (Wildman–Crippen LogP) is 3.70. The summed E-state index contributed by atoms with van der Waals surface area (Å²) in [6, 6.07) is 16.2. The number of fused-ring (bicyclic) bond motifs is 3. The van der Waals surface area contributed by atoms with Crippen molar-refractivity contribution in [1.29, 1.82) is 0 Å². The van der Waals surface area contributed by atoms with E-state index >= 15 is 0 Å². The lowest BCUT2D eigenvalue weighted by atomic mass is 10.1. The molecule has 7 heteroatoms. The molecule has 0 fully saturated rings. The number of hydrogen-bond donors (Lipinski definition) is 0. The number of aromatic nitrogens is 5. The lowest BCUT2D eigenvalue weighted by Gasteiger charge is -2.11. The Hall–Kier alpha value is -3.87. The second kappa shape index (κ2) is 7.92. The summed E-state index contributed by atoms with van der Waals surface area (Å²) in [6.45, 7) is 6.52. The molecule has 2 aromatic carbocycles.